The molecule has 0 aliphatic heterocycles. The number of carbonyl (C=O) groups excluding carboxylic acids is 2. The second-order valence-electron chi connectivity index (χ2n) is 8.47. The Bertz CT molecular complexity index is 1290. The van der Waals surface area contributed by atoms with Crippen LogP contribution in [-0.2, 0) is 25.7 Å². The normalized spacial score (nSPS) is 15.2. The number of fused-ring (bicyclic) bond motifs is 2. The molecular formula is C25H25N3O3S. The molecule has 2 heterocycles. The maximum atomic E-state index is 12.9. The number of amides is 1. The van der Waals surface area contributed by atoms with Crippen LogP contribution >= 0.6 is 11.3 Å². The van der Waals surface area contributed by atoms with Gasteiger partial charge in [-0.25, -0.2) is 4.98 Å². The summed E-state index contributed by atoms with van der Waals surface area (Å²) in [5.41, 5.74) is 5.31. The lowest BCUT2D eigenvalue weighted by Crippen LogP contribution is -2.27. The molecule has 0 atom stereocenters. The molecule has 0 spiro atoms. The molecule has 0 saturated carbocycles. The number of carbonyl (C=O) groups is 2. The van der Waals surface area contributed by atoms with E-state index < -0.39 is 11.5 Å². The third-order valence-corrected chi connectivity index (χ3v) is 7.47. The van der Waals surface area contributed by atoms with E-state index in [1.807, 2.05) is 0 Å². The van der Waals surface area contributed by atoms with Gasteiger partial charge < -0.3 is 4.98 Å². The zero-order valence-electron chi connectivity index (χ0n) is 18.0. The number of Topliss-reactive ketones (excluding diaryl/α,β-unsaturated/α-hetero) is 1. The monoisotopic (exact) mass is 447 g/mol. The van der Waals surface area contributed by atoms with Gasteiger partial charge in [-0.1, -0.05) is 19.1 Å². The number of aryl methyl sites for hydroxylation is 4. The van der Waals surface area contributed by atoms with Gasteiger partial charge in [-0.05, 0) is 68.2 Å². The SMILES string of the molecule is CCc1sc(NC(=O)c2cc3c([nH]c2=O)CCCC3=O)nc1-c1ccc2c(c1)CCCC2. The minimum absolute atomic E-state index is 0.0336. The summed E-state index contributed by atoms with van der Waals surface area (Å²) in [6.45, 7) is 2.07. The van der Waals surface area contributed by atoms with Crippen molar-refractivity contribution in [3.05, 3.63) is 67.4 Å². The number of aromatic amines is 1. The van der Waals surface area contributed by atoms with E-state index in [0.29, 0.717) is 29.2 Å². The number of pyridine rings is 1. The van der Waals surface area contributed by atoms with Crippen molar-refractivity contribution >= 4 is 28.2 Å². The molecule has 0 bridgehead atoms. The standard InChI is InChI=1S/C25H25N3O3S/c1-2-21-22(16-11-10-14-6-3-4-7-15(14)12-16)27-25(32-21)28-24(31)18-13-17-19(26-23(18)30)8-5-9-20(17)29/h10-13H,2-9H2,1H3,(H,26,30)(H,27,28,31). The Kier molecular flexibility index (Phi) is 5.51. The summed E-state index contributed by atoms with van der Waals surface area (Å²) >= 11 is 1.43. The Morgan fingerprint density at radius 2 is 1.88 bits per heavy atom. The van der Waals surface area contributed by atoms with Crippen molar-refractivity contribution in [2.45, 2.75) is 58.3 Å². The number of ketones is 1. The van der Waals surface area contributed by atoms with Crippen molar-refractivity contribution < 1.29 is 9.59 Å². The Morgan fingerprint density at radius 3 is 2.69 bits per heavy atom. The van der Waals surface area contributed by atoms with Crippen LogP contribution in [0.3, 0.4) is 0 Å². The molecule has 0 unspecified atom stereocenters. The van der Waals surface area contributed by atoms with E-state index in [2.05, 4.69) is 35.4 Å². The van der Waals surface area contributed by atoms with Gasteiger partial charge in [0.15, 0.2) is 10.9 Å². The summed E-state index contributed by atoms with van der Waals surface area (Å²) < 4.78 is 0. The first-order valence-electron chi connectivity index (χ1n) is 11.3. The number of H-pyrrole nitrogens is 1. The molecule has 0 radical (unpaired) electrons. The van der Waals surface area contributed by atoms with Crippen LogP contribution in [0.1, 0.15) is 75.0 Å². The van der Waals surface area contributed by atoms with Gasteiger partial charge in [0.05, 0.1) is 5.69 Å². The second kappa shape index (κ2) is 8.47. The van der Waals surface area contributed by atoms with Crippen molar-refractivity contribution in [1.82, 2.24) is 9.97 Å². The number of aromatic nitrogens is 2. The third-order valence-electron chi connectivity index (χ3n) is 6.36. The van der Waals surface area contributed by atoms with E-state index in [-0.39, 0.29) is 11.3 Å². The van der Waals surface area contributed by atoms with Gasteiger partial charge in [0.1, 0.15) is 5.56 Å². The van der Waals surface area contributed by atoms with E-state index in [4.69, 9.17) is 4.98 Å². The summed E-state index contributed by atoms with van der Waals surface area (Å²) in [7, 11) is 0. The van der Waals surface area contributed by atoms with E-state index in [1.165, 1.54) is 41.4 Å². The van der Waals surface area contributed by atoms with Gasteiger partial charge in [-0.3, -0.25) is 19.7 Å². The maximum Gasteiger partial charge on any atom is 0.263 e. The van der Waals surface area contributed by atoms with Crippen LogP contribution in [0.25, 0.3) is 11.3 Å². The molecule has 2 aliphatic rings. The zero-order chi connectivity index (χ0) is 22.2. The second-order valence-corrected chi connectivity index (χ2v) is 9.55. The van der Waals surface area contributed by atoms with E-state index in [1.54, 1.807) is 0 Å². The molecule has 2 aliphatic carbocycles. The number of hydrogen-bond acceptors (Lipinski definition) is 5. The highest BCUT2D eigenvalue weighted by atomic mass is 32.1. The van der Waals surface area contributed by atoms with Gasteiger partial charge in [0.25, 0.3) is 11.5 Å². The van der Waals surface area contributed by atoms with Crippen LogP contribution < -0.4 is 10.9 Å². The van der Waals surface area contributed by atoms with Crippen molar-refractivity contribution in [1.29, 1.82) is 0 Å². The van der Waals surface area contributed by atoms with Crippen molar-refractivity contribution in [3.8, 4) is 11.3 Å². The van der Waals surface area contributed by atoms with Crippen LogP contribution in [0.15, 0.2) is 29.1 Å². The first-order chi connectivity index (χ1) is 15.5. The Balaban J connectivity index is 1.44. The number of nitrogens with zero attached hydrogens (tertiary/aromatic N) is 1. The fraction of sp³-hybridized carbons (Fsp3) is 0.360. The Labute approximate surface area is 190 Å². The first kappa shape index (κ1) is 20.8. The molecule has 6 nitrogen and oxygen atoms in total. The highest BCUT2D eigenvalue weighted by Gasteiger charge is 2.23. The molecule has 2 aromatic heterocycles. The van der Waals surface area contributed by atoms with Crippen molar-refractivity contribution in [2.24, 2.45) is 0 Å². The highest BCUT2D eigenvalue weighted by Crippen LogP contribution is 2.34. The fourth-order valence-electron chi connectivity index (χ4n) is 4.66. The molecule has 3 aromatic rings. The fourth-order valence-corrected chi connectivity index (χ4v) is 5.58. The quantitative estimate of drug-likeness (QED) is 0.606. The van der Waals surface area contributed by atoms with Crippen LogP contribution in [0.4, 0.5) is 5.13 Å². The Morgan fingerprint density at radius 1 is 1.06 bits per heavy atom. The molecule has 2 N–H and O–H groups in total. The number of benzene rings is 1. The largest absolute Gasteiger partial charge is 0.325 e. The summed E-state index contributed by atoms with van der Waals surface area (Å²) in [4.78, 5) is 46.1. The van der Waals surface area contributed by atoms with Crippen LogP contribution in [-0.4, -0.2) is 21.7 Å². The van der Waals surface area contributed by atoms with Crippen LogP contribution in [0, 0.1) is 0 Å². The molecule has 0 saturated heterocycles. The Hall–Kier alpha value is -3.06. The van der Waals surface area contributed by atoms with E-state index in [9.17, 15) is 14.4 Å². The molecule has 5 rings (SSSR count). The predicted molar refractivity (Wildman–Crippen MR) is 126 cm³/mol. The highest BCUT2D eigenvalue weighted by molar-refractivity contribution is 7.16. The average Bonchev–Trinajstić information content (AvgIpc) is 3.21. The smallest absolute Gasteiger partial charge is 0.263 e. The number of anilines is 1. The summed E-state index contributed by atoms with van der Waals surface area (Å²) in [6, 6.07) is 7.98. The molecule has 7 heteroatoms. The minimum Gasteiger partial charge on any atom is -0.325 e. The van der Waals surface area contributed by atoms with E-state index >= 15 is 0 Å². The molecule has 1 aromatic carbocycles. The van der Waals surface area contributed by atoms with Crippen molar-refractivity contribution in [2.75, 3.05) is 5.32 Å². The lowest BCUT2D eigenvalue weighted by molar-refractivity contribution is 0.0971. The predicted octanol–water partition coefficient (Wildman–Crippen LogP) is 4.71. The van der Waals surface area contributed by atoms with E-state index in [0.717, 1.165) is 41.8 Å². The minimum atomic E-state index is -0.541. The summed E-state index contributed by atoms with van der Waals surface area (Å²) in [5.74, 6) is -0.574. The topological polar surface area (TPSA) is 91.9 Å². The summed E-state index contributed by atoms with van der Waals surface area (Å²) in [5, 5.41) is 3.25. The number of hydrogen-bond donors (Lipinski definition) is 2. The van der Waals surface area contributed by atoms with Crippen LogP contribution in [0.2, 0.25) is 0 Å². The zero-order valence-corrected chi connectivity index (χ0v) is 18.9. The van der Waals surface area contributed by atoms with Gasteiger partial charge >= 0.3 is 0 Å². The van der Waals surface area contributed by atoms with Crippen LogP contribution in [0.5, 0.6) is 0 Å². The average molecular weight is 448 g/mol. The number of thiazole rings is 1. The number of nitrogens with one attached hydrogen (secondary N) is 2. The number of rotatable bonds is 4. The summed E-state index contributed by atoms with van der Waals surface area (Å²) in [6.07, 6.45) is 7.29. The van der Waals surface area contributed by atoms with Gasteiger partial charge in [0.2, 0.25) is 0 Å². The first-order valence-corrected chi connectivity index (χ1v) is 12.1. The molecule has 1 amide bonds. The molecule has 32 heavy (non-hydrogen) atoms. The van der Waals surface area contributed by atoms with Gasteiger partial charge in [-0.2, -0.15) is 0 Å². The molecule has 164 valence electrons. The lowest BCUT2D eigenvalue weighted by Gasteiger charge is -2.16. The van der Waals surface area contributed by atoms with Crippen molar-refractivity contribution in [3.63, 3.8) is 0 Å². The third kappa shape index (κ3) is 3.81. The van der Waals surface area contributed by atoms with Gasteiger partial charge in [-0.15, -0.1) is 11.3 Å². The maximum absolute atomic E-state index is 12.9. The molecule has 0 fully saturated rings. The van der Waals surface area contributed by atoms with Gasteiger partial charge in [0, 0.05) is 28.1 Å². The molecular weight excluding hydrogens is 422 g/mol. The lowest BCUT2D eigenvalue weighted by atomic mass is 9.90.